The summed E-state index contributed by atoms with van der Waals surface area (Å²) in [6.07, 6.45) is 1.79. The topological polar surface area (TPSA) is 71.3 Å². The maximum Gasteiger partial charge on any atom is 0.322 e. The third kappa shape index (κ3) is 2.81. The Balaban J connectivity index is 1.74. The number of carbonyl (C=O) groups excluding carboxylic acids is 1. The molecule has 0 spiro atoms. The Labute approximate surface area is 129 Å². The van der Waals surface area contributed by atoms with Crippen molar-refractivity contribution in [2.45, 2.75) is 39.7 Å². The van der Waals surface area contributed by atoms with Gasteiger partial charge in [-0.2, -0.15) is 4.98 Å². The molecule has 6 heteroatoms. The summed E-state index contributed by atoms with van der Waals surface area (Å²) in [4.78, 5) is 18.6. The van der Waals surface area contributed by atoms with Crippen molar-refractivity contribution in [2.24, 2.45) is 0 Å². The van der Waals surface area contributed by atoms with Gasteiger partial charge in [-0.15, -0.1) is 0 Å². The second kappa shape index (κ2) is 5.79. The van der Waals surface area contributed by atoms with Crippen LogP contribution in [-0.2, 0) is 0 Å². The predicted octanol–water partition coefficient (Wildman–Crippen LogP) is 3.36. The second-order valence-electron chi connectivity index (χ2n) is 5.76. The highest BCUT2D eigenvalue weighted by molar-refractivity contribution is 5.89. The minimum Gasteiger partial charge on any atom is -0.337 e. The summed E-state index contributed by atoms with van der Waals surface area (Å²) in [5.74, 6) is 1.11. The van der Waals surface area contributed by atoms with Gasteiger partial charge in [-0.05, 0) is 56.9 Å². The van der Waals surface area contributed by atoms with Crippen LogP contribution in [0.3, 0.4) is 0 Å². The number of urea groups is 1. The molecule has 2 aromatic rings. The third-order valence-electron chi connectivity index (χ3n) is 4.10. The maximum absolute atomic E-state index is 12.5. The van der Waals surface area contributed by atoms with Crippen molar-refractivity contribution in [3.63, 3.8) is 0 Å². The summed E-state index contributed by atoms with van der Waals surface area (Å²) in [5.41, 5.74) is 3.17. The van der Waals surface area contributed by atoms with Crippen molar-refractivity contribution >= 4 is 11.7 Å². The summed E-state index contributed by atoms with van der Waals surface area (Å²) in [7, 11) is 0. The zero-order chi connectivity index (χ0) is 15.7. The molecule has 1 N–H and O–H groups in total. The van der Waals surface area contributed by atoms with E-state index in [0.717, 1.165) is 24.1 Å². The molecular formula is C16H20N4O2. The van der Waals surface area contributed by atoms with Crippen LogP contribution in [0.15, 0.2) is 22.7 Å². The number of nitrogens with one attached hydrogen (secondary N) is 1. The first-order chi connectivity index (χ1) is 10.5. The average Bonchev–Trinajstić information content (AvgIpc) is 3.11. The van der Waals surface area contributed by atoms with Crippen molar-refractivity contribution < 1.29 is 9.32 Å². The standard InChI is InChI=1S/C16H20N4O2/c1-10-6-7-13(9-11(10)2)18-16(21)20-8-4-5-14(20)15-17-12(3)19-22-15/h6-7,9,14H,4-5,8H2,1-3H3,(H,18,21). The maximum atomic E-state index is 12.5. The number of amides is 2. The summed E-state index contributed by atoms with van der Waals surface area (Å²) in [6, 6.07) is 5.65. The lowest BCUT2D eigenvalue weighted by Gasteiger charge is -2.22. The summed E-state index contributed by atoms with van der Waals surface area (Å²) in [5, 5.41) is 6.77. The molecule has 116 valence electrons. The van der Waals surface area contributed by atoms with Gasteiger partial charge in [0.15, 0.2) is 5.82 Å². The van der Waals surface area contributed by atoms with Gasteiger partial charge in [0, 0.05) is 12.2 Å². The molecule has 1 aliphatic heterocycles. The van der Waals surface area contributed by atoms with Gasteiger partial charge >= 0.3 is 6.03 Å². The first kappa shape index (κ1) is 14.6. The Morgan fingerprint density at radius 1 is 1.32 bits per heavy atom. The molecule has 1 fully saturated rings. The van der Waals surface area contributed by atoms with Crippen LogP contribution >= 0.6 is 0 Å². The van der Waals surface area contributed by atoms with Crippen molar-refractivity contribution in [1.82, 2.24) is 15.0 Å². The van der Waals surface area contributed by atoms with Crippen LogP contribution in [-0.4, -0.2) is 27.6 Å². The first-order valence-electron chi connectivity index (χ1n) is 7.49. The van der Waals surface area contributed by atoms with E-state index in [-0.39, 0.29) is 12.1 Å². The molecule has 0 bridgehead atoms. The largest absolute Gasteiger partial charge is 0.337 e. The third-order valence-corrected chi connectivity index (χ3v) is 4.10. The van der Waals surface area contributed by atoms with E-state index < -0.39 is 0 Å². The van der Waals surface area contributed by atoms with Gasteiger partial charge in [-0.1, -0.05) is 11.2 Å². The Morgan fingerprint density at radius 2 is 2.14 bits per heavy atom. The Kier molecular flexibility index (Phi) is 3.83. The SMILES string of the molecule is Cc1noc(C2CCCN2C(=O)Nc2ccc(C)c(C)c2)n1. The molecule has 22 heavy (non-hydrogen) atoms. The minimum absolute atomic E-state index is 0.124. The van der Waals surface area contributed by atoms with Gasteiger partial charge in [0.2, 0.25) is 5.89 Å². The Morgan fingerprint density at radius 3 is 2.82 bits per heavy atom. The lowest BCUT2D eigenvalue weighted by atomic mass is 10.1. The lowest BCUT2D eigenvalue weighted by molar-refractivity contribution is 0.193. The highest BCUT2D eigenvalue weighted by atomic mass is 16.5. The van der Waals surface area contributed by atoms with E-state index in [4.69, 9.17) is 4.52 Å². The zero-order valence-corrected chi connectivity index (χ0v) is 13.1. The zero-order valence-electron chi connectivity index (χ0n) is 13.1. The van der Waals surface area contributed by atoms with Crippen molar-refractivity contribution in [1.29, 1.82) is 0 Å². The van der Waals surface area contributed by atoms with Gasteiger partial charge < -0.3 is 14.7 Å². The summed E-state index contributed by atoms with van der Waals surface area (Å²) >= 11 is 0. The first-order valence-corrected chi connectivity index (χ1v) is 7.49. The van der Waals surface area contributed by atoms with E-state index in [0.29, 0.717) is 18.3 Å². The number of benzene rings is 1. The fourth-order valence-corrected chi connectivity index (χ4v) is 2.73. The Hall–Kier alpha value is -2.37. The second-order valence-corrected chi connectivity index (χ2v) is 5.76. The molecule has 6 nitrogen and oxygen atoms in total. The van der Waals surface area contributed by atoms with E-state index in [2.05, 4.69) is 22.4 Å². The lowest BCUT2D eigenvalue weighted by Crippen LogP contribution is -2.34. The van der Waals surface area contributed by atoms with Crippen molar-refractivity contribution in [3.05, 3.63) is 41.0 Å². The van der Waals surface area contributed by atoms with Gasteiger partial charge in [0.05, 0.1) is 0 Å². The number of carbonyl (C=O) groups is 1. The predicted molar refractivity (Wildman–Crippen MR) is 82.7 cm³/mol. The molecule has 0 aliphatic carbocycles. The van der Waals surface area contributed by atoms with Gasteiger partial charge in [-0.3, -0.25) is 0 Å². The highest BCUT2D eigenvalue weighted by Gasteiger charge is 2.33. The van der Waals surface area contributed by atoms with Gasteiger partial charge in [0.25, 0.3) is 0 Å². The van der Waals surface area contributed by atoms with Crippen LogP contribution in [0.2, 0.25) is 0 Å². The van der Waals surface area contributed by atoms with Gasteiger partial charge in [-0.25, -0.2) is 4.79 Å². The van der Waals surface area contributed by atoms with Crippen LogP contribution in [0.25, 0.3) is 0 Å². The quantitative estimate of drug-likeness (QED) is 0.923. The van der Waals surface area contributed by atoms with Crippen LogP contribution in [0.4, 0.5) is 10.5 Å². The fraction of sp³-hybridized carbons (Fsp3) is 0.438. The number of likely N-dealkylation sites (tertiary alicyclic amines) is 1. The fourth-order valence-electron chi connectivity index (χ4n) is 2.73. The number of rotatable bonds is 2. The smallest absolute Gasteiger partial charge is 0.322 e. The molecular weight excluding hydrogens is 280 g/mol. The molecule has 1 aromatic heterocycles. The molecule has 1 atom stereocenters. The number of hydrogen-bond donors (Lipinski definition) is 1. The molecule has 1 saturated heterocycles. The normalized spacial score (nSPS) is 17.8. The van der Waals surface area contributed by atoms with Crippen molar-refractivity contribution in [3.8, 4) is 0 Å². The number of nitrogens with zero attached hydrogens (tertiary/aromatic N) is 3. The van der Waals surface area contributed by atoms with Crippen LogP contribution < -0.4 is 5.32 Å². The molecule has 0 radical (unpaired) electrons. The van der Waals surface area contributed by atoms with Crippen LogP contribution in [0.1, 0.15) is 41.7 Å². The Bertz CT molecular complexity index is 695. The number of anilines is 1. The number of hydrogen-bond acceptors (Lipinski definition) is 4. The van der Waals surface area contributed by atoms with Gasteiger partial charge in [0.1, 0.15) is 6.04 Å². The van der Waals surface area contributed by atoms with Crippen LogP contribution in [0, 0.1) is 20.8 Å². The van der Waals surface area contributed by atoms with Crippen molar-refractivity contribution in [2.75, 3.05) is 11.9 Å². The molecule has 0 saturated carbocycles. The average molecular weight is 300 g/mol. The monoisotopic (exact) mass is 300 g/mol. The highest BCUT2D eigenvalue weighted by Crippen LogP contribution is 2.31. The number of aromatic nitrogens is 2. The van der Waals surface area contributed by atoms with Crippen LogP contribution in [0.5, 0.6) is 0 Å². The summed E-state index contributed by atoms with van der Waals surface area (Å²) < 4.78 is 5.23. The molecule has 2 amide bonds. The molecule has 1 aromatic carbocycles. The number of aryl methyl sites for hydroxylation is 3. The summed E-state index contributed by atoms with van der Waals surface area (Å²) in [6.45, 7) is 6.56. The molecule has 1 unspecified atom stereocenters. The molecule has 1 aliphatic rings. The molecule has 2 heterocycles. The van der Waals surface area contributed by atoms with E-state index in [1.54, 1.807) is 11.8 Å². The molecule has 3 rings (SSSR count). The van der Waals surface area contributed by atoms with E-state index in [1.165, 1.54) is 5.56 Å². The van der Waals surface area contributed by atoms with E-state index in [1.807, 2.05) is 25.1 Å². The van der Waals surface area contributed by atoms with E-state index >= 15 is 0 Å². The van der Waals surface area contributed by atoms with E-state index in [9.17, 15) is 4.79 Å². The minimum atomic E-state index is -0.132.